The van der Waals surface area contributed by atoms with Gasteiger partial charge in [-0.3, -0.25) is 43.2 Å². The third-order valence-corrected chi connectivity index (χ3v) is 19.6. The molecule has 1 heterocycles. The van der Waals surface area contributed by atoms with E-state index in [9.17, 15) is 68.1 Å². The molecule has 3 fully saturated rings. The Morgan fingerprint density at radius 1 is 0.679 bits per heavy atom. The van der Waals surface area contributed by atoms with Gasteiger partial charge >= 0.3 is 24.0 Å². The number of benzene rings is 3. The fourth-order valence-electron chi connectivity index (χ4n) is 13.8. The van der Waals surface area contributed by atoms with E-state index in [1.54, 1.807) is 66.7 Å². The average Bonchev–Trinajstić information content (AvgIpc) is 0.669. The number of ketones is 1. The third kappa shape index (κ3) is 20.8. The molecule has 33 heteroatoms. The molecule has 3 aromatic rings. The van der Waals surface area contributed by atoms with Gasteiger partial charge in [0.05, 0.1) is 101 Å². The minimum Gasteiger partial charge on any atom is -0.456 e. The van der Waals surface area contributed by atoms with Crippen LogP contribution in [0.3, 0.4) is 0 Å². The van der Waals surface area contributed by atoms with Crippen LogP contribution in [0, 0.1) is 16.7 Å². The smallest absolute Gasteiger partial charge is 0.408 e. The van der Waals surface area contributed by atoms with Gasteiger partial charge in [0.2, 0.25) is 35.4 Å². The number of carbonyl (C=O) groups is 12. The lowest BCUT2D eigenvalue weighted by Gasteiger charge is -2.67. The molecule has 15 N–H and O–H groups in total. The average molecular weight is 1490 g/mol. The highest BCUT2D eigenvalue weighted by molar-refractivity contribution is 5.98. The van der Waals surface area contributed by atoms with E-state index in [0.29, 0.717) is 18.4 Å². The number of unbranched alkanes of at least 4 members (excludes halogenated alkanes) is 1. The molecule has 1 saturated heterocycles. The van der Waals surface area contributed by atoms with Crippen molar-refractivity contribution in [2.24, 2.45) is 33.9 Å². The molecule has 4 unspecified atom stereocenters. The number of carbonyl (C=O) groups excluding carboxylic acids is 12. The van der Waals surface area contributed by atoms with Gasteiger partial charge in [-0.25, -0.2) is 14.4 Å². The summed E-state index contributed by atoms with van der Waals surface area (Å²) in [5.41, 5.74) is 8.37. The molecule has 0 spiro atoms. The summed E-state index contributed by atoms with van der Waals surface area (Å²) in [6.07, 6.45) is -12.4. The van der Waals surface area contributed by atoms with Gasteiger partial charge in [0.1, 0.15) is 42.0 Å². The Balaban J connectivity index is 0.912. The summed E-state index contributed by atoms with van der Waals surface area (Å²) < 4.78 is 53.4. The number of nitrogens with one attached hydrogen (secondary N) is 6. The van der Waals surface area contributed by atoms with Crippen LogP contribution in [0.5, 0.6) is 0 Å². The Hall–Kier alpha value is -9.32. The minimum absolute atomic E-state index is 0.0135. The van der Waals surface area contributed by atoms with E-state index in [2.05, 4.69) is 31.9 Å². The van der Waals surface area contributed by atoms with Crippen LogP contribution in [-0.4, -0.2) is 231 Å². The SMILES string of the molecule is CC(=O)O[C@@]12CO[C@@H]1C[C@H](O)[C@@]1(C)C(=O)[C@H](OC(=O)NCCOCCOCCOCCOCCC(=O)NCCCCC(NC(=O)C(CC(N)=O)NC(=O)C(C)NC(=O)C(C)N)C(N)=O)C3=C(C)[C@@H](OC(=O)[C@H](O)[C@@H](NC(=O)c4ccccc4)c4ccccc4)C[C@@](O)([C@@H](OC(=O)c4ccccc4)[C@H]21)C3(C)C. The highest BCUT2D eigenvalue weighted by Crippen LogP contribution is 2.64. The summed E-state index contributed by atoms with van der Waals surface area (Å²) >= 11 is 0. The maximum atomic E-state index is 16.1. The highest BCUT2D eigenvalue weighted by Gasteiger charge is 2.78. The van der Waals surface area contributed by atoms with Crippen LogP contribution < -0.4 is 49.1 Å². The van der Waals surface area contributed by atoms with E-state index < -0.39 is 179 Å². The number of Topliss-reactive ketones (excluding diaryl/α,β-unsaturated/α-hetero) is 1. The van der Waals surface area contributed by atoms with Crippen LogP contribution in [0.25, 0.3) is 0 Å². The van der Waals surface area contributed by atoms with Gasteiger partial charge in [0.15, 0.2) is 23.6 Å². The Kier molecular flexibility index (Phi) is 30.3. The van der Waals surface area contributed by atoms with E-state index in [4.69, 9.17) is 59.8 Å². The molecule has 7 rings (SSSR count). The lowest BCUT2D eigenvalue weighted by Crippen LogP contribution is -2.82. The molecule has 2 bridgehead atoms. The maximum Gasteiger partial charge on any atom is 0.408 e. The molecule has 33 nitrogen and oxygen atoms in total. The Labute approximate surface area is 613 Å². The van der Waals surface area contributed by atoms with E-state index >= 15 is 4.79 Å². The summed E-state index contributed by atoms with van der Waals surface area (Å²) in [6.45, 7) is 10.3. The zero-order valence-electron chi connectivity index (χ0n) is 60.5. The molecule has 1 aliphatic heterocycles. The van der Waals surface area contributed by atoms with Crippen molar-refractivity contribution in [3.63, 3.8) is 0 Å². The van der Waals surface area contributed by atoms with Gasteiger partial charge < -0.3 is 107 Å². The molecule has 3 aromatic carbocycles. The summed E-state index contributed by atoms with van der Waals surface area (Å²) in [7, 11) is 0. The van der Waals surface area contributed by atoms with Crippen LogP contribution in [0.4, 0.5) is 4.79 Å². The lowest BCUT2D eigenvalue weighted by atomic mass is 9.44. The minimum atomic E-state index is -2.52. The number of primary amides is 2. The first-order chi connectivity index (χ1) is 50.3. The van der Waals surface area contributed by atoms with Crippen molar-refractivity contribution in [1.29, 1.82) is 0 Å². The van der Waals surface area contributed by atoms with Crippen molar-refractivity contribution >= 4 is 71.1 Å². The molecule has 580 valence electrons. The number of rotatable bonds is 39. The van der Waals surface area contributed by atoms with Crippen LogP contribution in [-0.2, 0) is 85.8 Å². The van der Waals surface area contributed by atoms with Gasteiger partial charge in [-0.2, -0.15) is 0 Å². The van der Waals surface area contributed by atoms with Crippen LogP contribution in [0.1, 0.15) is 126 Å². The molecule has 3 aliphatic carbocycles. The van der Waals surface area contributed by atoms with Crippen LogP contribution in [0.15, 0.2) is 102 Å². The predicted octanol–water partition coefficient (Wildman–Crippen LogP) is -0.176. The number of esters is 3. The number of alkyl carbamates (subject to hydrolysis) is 1. The van der Waals surface area contributed by atoms with Gasteiger partial charge in [-0.1, -0.05) is 80.6 Å². The predicted molar refractivity (Wildman–Crippen MR) is 373 cm³/mol. The summed E-state index contributed by atoms with van der Waals surface area (Å²) in [5, 5.41) is 53.7. The van der Waals surface area contributed by atoms with E-state index in [1.807, 2.05) is 0 Å². The number of hydrogen-bond donors (Lipinski definition) is 12. The fraction of sp³-hybridized carbons (Fsp3) is 0.562. The van der Waals surface area contributed by atoms with Crippen LogP contribution >= 0.6 is 0 Å². The van der Waals surface area contributed by atoms with Gasteiger partial charge in [0, 0.05) is 50.3 Å². The summed E-state index contributed by atoms with van der Waals surface area (Å²) in [4.78, 5) is 161. The zero-order chi connectivity index (χ0) is 77.7. The van der Waals surface area contributed by atoms with Gasteiger partial charge in [0.25, 0.3) is 5.91 Å². The molecular formula is C73H99N9O24. The first-order valence-corrected chi connectivity index (χ1v) is 35.1. The number of fused-ring (bicyclic) bond motifs is 5. The molecule has 15 atom stereocenters. The second-order valence-corrected chi connectivity index (χ2v) is 27.3. The topological polar surface area (TPSA) is 499 Å². The maximum absolute atomic E-state index is 16.1. The monoisotopic (exact) mass is 1490 g/mol. The van der Waals surface area contributed by atoms with Crippen molar-refractivity contribution < 1.29 is 115 Å². The van der Waals surface area contributed by atoms with Crippen molar-refractivity contribution in [2.75, 3.05) is 72.6 Å². The first kappa shape index (κ1) is 83.9. The number of aliphatic hydroxyl groups excluding tert-OH is 2. The van der Waals surface area contributed by atoms with E-state index in [0.717, 1.165) is 6.92 Å². The summed E-state index contributed by atoms with van der Waals surface area (Å²) in [6, 6.07) is 17.8. The molecule has 0 aromatic heterocycles. The Morgan fingerprint density at radius 2 is 1.25 bits per heavy atom. The zero-order valence-corrected chi connectivity index (χ0v) is 60.5. The highest BCUT2D eigenvalue weighted by atomic mass is 16.6. The molecule has 106 heavy (non-hydrogen) atoms. The van der Waals surface area contributed by atoms with E-state index in [-0.39, 0.29) is 113 Å². The normalized spacial score (nSPS) is 24.4. The number of amides is 8. The molecule has 4 aliphatic rings. The number of ether oxygens (including phenoxy) is 9. The quantitative estimate of drug-likeness (QED) is 0.0153. The van der Waals surface area contributed by atoms with Crippen molar-refractivity contribution in [3.8, 4) is 0 Å². The number of hydrogen-bond acceptors (Lipinski definition) is 25. The second-order valence-electron chi connectivity index (χ2n) is 27.3. The Morgan fingerprint density at radius 3 is 1.82 bits per heavy atom. The summed E-state index contributed by atoms with van der Waals surface area (Å²) in [5.74, 6) is -10.9. The van der Waals surface area contributed by atoms with Gasteiger partial charge in [-0.05, 0) is 87.9 Å². The largest absolute Gasteiger partial charge is 0.456 e. The third-order valence-electron chi connectivity index (χ3n) is 19.6. The standard InChI is InChI=1S/C73H99N9O24/c1-41-50(103-68(95)57(87)56(45-19-11-8-12-20-45)82-65(92)46-21-13-9-14-22-46)39-73(97)61(105-67(94)47-23-15-10-16-24-47)59-71(7,51(84)38-52-72(59,40-102-52)106-44(4)83)60(88)58(55(41)70(73,5)6)104-69(96)78-28-30-99-32-34-101-36-35-100-33-31-98-29-26-54(86)77-27-18-17-25-48(62(76)89)80-66(93)49(37-53(75)85)81-64(91)43(3)79-63(90)42(2)74/h8-16,19-24,42-43,48-52,56-59,61,84,87,97H,17-18,25-40,74H2,1-7H3,(H2,75,85)(H2,76,89)(H,77,86)(H,78,96)(H,79,90)(H,80,93)(H,81,91)(H,82,92)/t42?,43?,48?,49?,50-,51-,52+,56-,57+,58+,59-,61-,71+,72-,73+/m0/s1. The molecular weight excluding hydrogens is 1390 g/mol. The first-order valence-electron chi connectivity index (χ1n) is 35.1. The Bertz CT molecular complexity index is 3630. The molecule has 0 radical (unpaired) electrons. The number of nitrogens with two attached hydrogens (primary N) is 3. The molecule has 8 amide bonds. The van der Waals surface area contributed by atoms with Crippen molar-refractivity contribution in [3.05, 3.63) is 119 Å². The van der Waals surface area contributed by atoms with Crippen molar-refractivity contribution in [1.82, 2.24) is 31.9 Å². The fourth-order valence-corrected chi connectivity index (χ4v) is 13.8. The lowest BCUT2D eigenvalue weighted by molar-refractivity contribution is -0.345. The van der Waals surface area contributed by atoms with Gasteiger partial charge in [-0.15, -0.1) is 0 Å². The second kappa shape index (κ2) is 38.3. The van der Waals surface area contributed by atoms with Crippen molar-refractivity contribution in [2.45, 2.75) is 171 Å². The van der Waals surface area contributed by atoms with Crippen LogP contribution in [0.2, 0.25) is 0 Å². The number of aliphatic hydroxyl groups is 3. The van der Waals surface area contributed by atoms with E-state index in [1.165, 1.54) is 65.8 Å². The molecule has 2 saturated carbocycles.